The van der Waals surface area contributed by atoms with Gasteiger partial charge < -0.3 is 9.64 Å². The molecule has 0 unspecified atom stereocenters. The standard InChI is InChI=1S/C16H23N3O2/c1-18(2)16(20)15-6-5-13-14(21-15)7-9-19(13)11-12-4-3-8-17-10-12/h3-4,8,10,13-15H,5-7,9,11H2,1-2H3/t13-,14-,15-/m0/s1. The number of hydrogen-bond acceptors (Lipinski definition) is 4. The molecule has 0 N–H and O–H groups in total. The van der Waals surface area contributed by atoms with Gasteiger partial charge in [-0.05, 0) is 30.9 Å². The summed E-state index contributed by atoms with van der Waals surface area (Å²) in [7, 11) is 3.59. The van der Waals surface area contributed by atoms with Gasteiger partial charge in [0.1, 0.15) is 6.10 Å². The molecule has 1 aromatic rings. The molecule has 21 heavy (non-hydrogen) atoms. The van der Waals surface area contributed by atoms with Gasteiger partial charge in [0.25, 0.3) is 5.91 Å². The third-order valence-corrected chi connectivity index (χ3v) is 4.49. The lowest BCUT2D eigenvalue weighted by molar-refractivity contribution is -0.152. The zero-order valence-electron chi connectivity index (χ0n) is 12.7. The van der Waals surface area contributed by atoms with Crippen molar-refractivity contribution in [2.24, 2.45) is 0 Å². The number of likely N-dealkylation sites (tertiary alicyclic amines) is 1. The van der Waals surface area contributed by atoms with Crippen molar-refractivity contribution in [3.8, 4) is 0 Å². The molecule has 2 saturated heterocycles. The lowest BCUT2D eigenvalue weighted by Crippen LogP contribution is -2.47. The Morgan fingerprint density at radius 1 is 1.43 bits per heavy atom. The second-order valence-corrected chi connectivity index (χ2v) is 6.16. The van der Waals surface area contributed by atoms with E-state index in [1.54, 1.807) is 25.2 Å². The summed E-state index contributed by atoms with van der Waals surface area (Å²) in [6.45, 7) is 1.96. The molecule has 3 rings (SSSR count). The molecule has 5 nitrogen and oxygen atoms in total. The molecule has 0 aromatic carbocycles. The Bertz CT molecular complexity index is 492. The van der Waals surface area contributed by atoms with Crippen LogP contribution in [0.15, 0.2) is 24.5 Å². The van der Waals surface area contributed by atoms with Crippen LogP contribution in [0.1, 0.15) is 24.8 Å². The third-order valence-electron chi connectivity index (χ3n) is 4.49. The van der Waals surface area contributed by atoms with Crippen molar-refractivity contribution in [1.29, 1.82) is 0 Å². The minimum absolute atomic E-state index is 0.0964. The first-order valence-electron chi connectivity index (χ1n) is 7.64. The van der Waals surface area contributed by atoms with Gasteiger partial charge in [0.05, 0.1) is 6.10 Å². The number of nitrogens with zero attached hydrogens (tertiary/aromatic N) is 3. The molecule has 3 atom stereocenters. The van der Waals surface area contributed by atoms with Crippen LogP contribution in [-0.2, 0) is 16.1 Å². The number of carbonyl (C=O) groups is 1. The van der Waals surface area contributed by atoms with E-state index in [1.165, 1.54) is 5.56 Å². The molecule has 2 aliphatic rings. The number of likely N-dealkylation sites (N-methyl/N-ethyl adjacent to an activating group) is 1. The number of pyridine rings is 1. The summed E-state index contributed by atoms with van der Waals surface area (Å²) < 4.78 is 6.05. The summed E-state index contributed by atoms with van der Waals surface area (Å²) in [5.41, 5.74) is 1.24. The van der Waals surface area contributed by atoms with E-state index in [9.17, 15) is 4.79 Å². The first-order chi connectivity index (χ1) is 10.1. The van der Waals surface area contributed by atoms with E-state index in [0.29, 0.717) is 6.04 Å². The van der Waals surface area contributed by atoms with Gasteiger partial charge in [-0.2, -0.15) is 0 Å². The van der Waals surface area contributed by atoms with Crippen molar-refractivity contribution in [1.82, 2.24) is 14.8 Å². The van der Waals surface area contributed by atoms with Crippen LogP contribution in [0, 0.1) is 0 Å². The molecule has 0 spiro atoms. The normalized spacial score (nSPS) is 29.1. The summed E-state index contributed by atoms with van der Waals surface area (Å²) in [6.07, 6.45) is 6.55. The molecule has 0 radical (unpaired) electrons. The number of fused-ring (bicyclic) bond motifs is 1. The Hall–Kier alpha value is -1.46. The molecule has 2 aliphatic heterocycles. The minimum atomic E-state index is -0.250. The Balaban J connectivity index is 1.61. The summed E-state index contributed by atoms with van der Waals surface area (Å²) in [5, 5.41) is 0. The number of carbonyl (C=O) groups excluding carboxylic acids is 1. The average Bonchev–Trinajstić information content (AvgIpc) is 2.90. The topological polar surface area (TPSA) is 45.7 Å². The maximum Gasteiger partial charge on any atom is 0.251 e. The SMILES string of the molecule is CN(C)C(=O)[C@@H]1CC[C@H]2[C@H](CCN2Cc2cccnc2)O1. The molecule has 5 heteroatoms. The van der Waals surface area contributed by atoms with Gasteiger partial charge >= 0.3 is 0 Å². The first-order valence-corrected chi connectivity index (χ1v) is 7.64. The number of amides is 1. The van der Waals surface area contributed by atoms with E-state index >= 15 is 0 Å². The molecule has 2 fully saturated rings. The van der Waals surface area contributed by atoms with E-state index in [0.717, 1.165) is 32.4 Å². The largest absolute Gasteiger partial charge is 0.363 e. The lowest BCUT2D eigenvalue weighted by atomic mass is 9.98. The van der Waals surface area contributed by atoms with Crippen molar-refractivity contribution in [2.75, 3.05) is 20.6 Å². The van der Waals surface area contributed by atoms with Gasteiger partial charge in [-0.1, -0.05) is 6.07 Å². The van der Waals surface area contributed by atoms with Gasteiger partial charge in [0, 0.05) is 45.6 Å². The number of aromatic nitrogens is 1. The van der Waals surface area contributed by atoms with Crippen LogP contribution in [0.5, 0.6) is 0 Å². The van der Waals surface area contributed by atoms with Crippen LogP contribution in [-0.4, -0.2) is 59.6 Å². The number of hydrogen-bond donors (Lipinski definition) is 0. The highest BCUT2D eigenvalue weighted by Crippen LogP contribution is 2.32. The zero-order chi connectivity index (χ0) is 14.8. The Kier molecular flexibility index (Phi) is 4.22. The van der Waals surface area contributed by atoms with E-state index in [2.05, 4.69) is 16.0 Å². The Morgan fingerprint density at radius 2 is 2.29 bits per heavy atom. The first kappa shape index (κ1) is 14.5. The minimum Gasteiger partial charge on any atom is -0.363 e. The maximum absolute atomic E-state index is 12.0. The third kappa shape index (κ3) is 3.09. The van der Waals surface area contributed by atoms with Crippen LogP contribution in [0.4, 0.5) is 0 Å². The summed E-state index contributed by atoms with van der Waals surface area (Å²) in [5.74, 6) is 0.0964. The van der Waals surface area contributed by atoms with Crippen molar-refractivity contribution in [2.45, 2.75) is 44.1 Å². The van der Waals surface area contributed by atoms with E-state index in [4.69, 9.17) is 4.74 Å². The highest BCUT2D eigenvalue weighted by molar-refractivity contribution is 5.80. The molecule has 0 saturated carbocycles. The molecule has 1 aromatic heterocycles. The van der Waals surface area contributed by atoms with Gasteiger partial charge in [0.2, 0.25) is 0 Å². The van der Waals surface area contributed by atoms with E-state index in [1.807, 2.05) is 12.3 Å². The number of ether oxygens (including phenoxy) is 1. The predicted molar refractivity (Wildman–Crippen MR) is 79.6 cm³/mol. The highest BCUT2D eigenvalue weighted by atomic mass is 16.5. The molecule has 114 valence electrons. The van der Waals surface area contributed by atoms with E-state index in [-0.39, 0.29) is 18.1 Å². The van der Waals surface area contributed by atoms with Gasteiger partial charge in [-0.3, -0.25) is 14.7 Å². The smallest absolute Gasteiger partial charge is 0.251 e. The lowest BCUT2D eigenvalue weighted by Gasteiger charge is -2.36. The molecule has 1 amide bonds. The van der Waals surface area contributed by atoms with Crippen LogP contribution >= 0.6 is 0 Å². The zero-order valence-corrected chi connectivity index (χ0v) is 12.7. The molecule has 3 heterocycles. The maximum atomic E-state index is 12.0. The van der Waals surface area contributed by atoms with Crippen LogP contribution in [0.25, 0.3) is 0 Å². The van der Waals surface area contributed by atoms with Gasteiger partial charge in [0.15, 0.2) is 0 Å². The van der Waals surface area contributed by atoms with Crippen LogP contribution in [0.2, 0.25) is 0 Å². The summed E-state index contributed by atoms with van der Waals surface area (Å²) in [6, 6.07) is 4.53. The molecular weight excluding hydrogens is 266 g/mol. The van der Waals surface area contributed by atoms with Crippen LogP contribution < -0.4 is 0 Å². The van der Waals surface area contributed by atoms with Crippen molar-refractivity contribution < 1.29 is 9.53 Å². The summed E-state index contributed by atoms with van der Waals surface area (Å²) in [4.78, 5) is 20.3. The Labute approximate surface area is 125 Å². The van der Waals surface area contributed by atoms with Crippen molar-refractivity contribution in [3.63, 3.8) is 0 Å². The second kappa shape index (κ2) is 6.12. The average molecular weight is 289 g/mol. The second-order valence-electron chi connectivity index (χ2n) is 6.16. The Morgan fingerprint density at radius 3 is 3.00 bits per heavy atom. The fourth-order valence-electron chi connectivity index (χ4n) is 3.41. The van der Waals surface area contributed by atoms with Crippen molar-refractivity contribution >= 4 is 5.91 Å². The monoisotopic (exact) mass is 289 g/mol. The molecule has 0 bridgehead atoms. The predicted octanol–water partition coefficient (Wildman–Crippen LogP) is 1.29. The highest BCUT2D eigenvalue weighted by Gasteiger charge is 2.41. The number of rotatable bonds is 3. The van der Waals surface area contributed by atoms with Gasteiger partial charge in [-0.25, -0.2) is 0 Å². The van der Waals surface area contributed by atoms with Gasteiger partial charge in [-0.15, -0.1) is 0 Å². The van der Waals surface area contributed by atoms with Crippen LogP contribution in [0.3, 0.4) is 0 Å². The fraction of sp³-hybridized carbons (Fsp3) is 0.625. The molecule has 0 aliphatic carbocycles. The van der Waals surface area contributed by atoms with Crippen molar-refractivity contribution in [3.05, 3.63) is 30.1 Å². The van der Waals surface area contributed by atoms with E-state index < -0.39 is 0 Å². The fourth-order valence-corrected chi connectivity index (χ4v) is 3.41. The summed E-state index contributed by atoms with van der Waals surface area (Å²) >= 11 is 0. The quantitative estimate of drug-likeness (QED) is 0.841. The molecular formula is C16H23N3O2.